The molecule has 0 aliphatic heterocycles. The molecule has 2 N–H and O–H groups in total. The van der Waals surface area contributed by atoms with Crippen molar-refractivity contribution in [3.63, 3.8) is 0 Å². The fourth-order valence-electron chi connectivity index (χ4n) is 2.41. The van der Waals surface area contributed by atoms with Crippen LogP contribution in [-0.4, -0.2) is 16.5 Å². The molecule has 0 atom stereocenters. The molecule has 3 nitrogen and oxygen atoms in total. The summed E-state index contributed by atoms with van der Waals surface area (Å²) in [6.07, 6.45) is 8.30. The summed E-state index contributed by atoms with van der Waals surface area (Å²) in [7, 11) is 0. The Balaban J connectivity index is 1.74. The van der Waals surface area contributed by atoms with E-state index < -0.39 is 0 Å². The van der Waals surface area contributed by atoms with Crippen LogP contribution < -0.4 is 5.73 Å². The van der Waals surface area contributed by atoms with Gasteiger partial charge in [0.2, 0.25) is 0 Å². The average molecular weight is 271 g/mol. The van der Waals surface area contributed by atoms with E-state index in [1.165, 1.54) is 35.3 Å². The van der Waals surface area contributed by atoms with Crippen molar-refractivity contribution in [3.8, 4) is 0 Å². The number of nitrogens with two attached hydrogens (primary N) is 1. The number of rotatable bonds is 4. The number of hydrogen-bond acceptors (Lipinski definition) is 4. The van der Waals surface area contributed by atoms with Crippen LogP contribution in [0.25, 0.3) is 0 Å². The molecule has 0 saturated heterocycles. The molecule has 3 rings (SSSR count). The minimum atomic E-state index is 0.640. The first kappa shape index (κ1) is 12.6. The van der Waals surface area contributed by atoms with E-state index in [1.807, 2.05) is 12.4 Å². The molecule has 0 unspecified atom stereocenters. The van der Waals surface area contributed by atoms with E-state index in [4.69, 9.17) is 5.73 Å². The lowest BCUT2D eigenvalue weighted by atomic mass is 10.1. The quantitative estimate of drug-likeness (QED) is 0.869. The maximum atomic E-state index is 5.51. The molecule has 2 aromatic rings. The summed E-state index contributed by atoms with van der Waals surface area (Å²) < 4.78 is 0. The highest BCUT2D eigenvalue weighted by atomic mass is 32.2. The number of fused-ring (bicyclic) bond motifs is 1. The van der Waals surface area contributed by atoms with Gasteiger partial charge in [0.05, 0.1) is 0 Å². The van der Waals surface area contributed by atoms with E-state index in [-0.39, 0.29) is 0 Å². The Morgan fingerprint density at radius 3 is 2.68 bits per heavy atom. The fourth-order valence-corrected chi connectivity index (χ4v) is 3.17. The highest BCUT2D eigenvalue weighted by Crippen LogP contribution is 2.30. The molecule has 1 aromatic carbocycles. The van der Waals surface area contributed by atoms with Crippen LogP contribution >= 0.6 is 11.8 Å². The Morgan fingerprint density at radius 1 is 1.11 bits per heavy atom. The molecular formula is C15H17N3S. The molecule has 98 valence electrons. The van der Waals surface area contributed by atoms with Gasteiger partial charge in [0.25, 0.3) is 0 Å². The molecule has 0 bridgehead atoms. The van der Waals surface area contributed by atoms with Gasteiger partial charge in [-0.2, -0.15) is 0 Å². The van der Waals surface area contributed by atoms with Crippen LogP contribution in [0.15, 0.2) is 40.6 Å². The largest absolute Gasteiger partial charge is 0.330 e. The second-order valence-corrected chi connectivity index (χ2v) is 5.84. The Kier molecular flexibility index (Phi) is 3.80. The normalized spacial score (nSPS) is 13.5. The van der Waals surface area contributed by atoms with Crippen molar-refractivity contribution >= 4 is 11.8 Å². The Morgan fingerprint density at radius 2 is 1.89 bits per heavy atom. The highest BCUT2D eigenvalue weighted by Gasteiger charge is 2.11. The van der Waals surface area contributed by atoms with E-state index in [2.05, 4.69) is 28.2 Å². The lowest BCUT2D eigenvalue weighted by Gasteiger charge is -2.04. The number of aryl methyl sites for hydroxylation is 2. The maximum absolute atomic E-state index is 5.51. The Hall–Kier alpha value is -1.39. The van der Waals surface area contributed by atoms with E-state index >= 15 is 0 Å². The predicted molar refractivity (Wildman–Crippen MR) is 77.4 cm³/mol. The van der Waals surface area contributed by atoms with E-state index in [9.17, 15) is 0 Å². The molecule has 0 fully saturated rings. The van der Waals surface area contributed by atoms with Crippen LogP contribution in [-0.2, 0) is 19.3 Å². The first-order valence-corrected chi connectivity index (χ1v) is 7.47. The van der Waals surface area contributed by atoms with E-state index in [0.717, 1.165) is 17.1 Å². The van der Waals surface area contributed by atoms with Gasteiger partial charge in [-0.15, -0.1) is 0 Å². The van der Waals surface area contributed by atoms with E-state index in [1.54, 1.807) is 11.8 Å². The maximum Gasteiger partial charge on any atom is 0.192 e. The summed E-state index contributed by atoms with van der Waals surface area (Å²) in [5.41, 5.74) is 9.61. The van der Waals surface area contributed by atoms with Crippen LogP contribution in [0.1, 0.15) is 23.1 Å². The Labute approximate surface area is 117 Å². The SMILES string of the molecule is NCCc1cnc(Sc2ccc3c(c2)CCC3)nc1. The minimum absolute atomic E-state index is 0.640. The highest BCUT2D eigenvalue weighted by molar-refractivity contribution is 7.99. The van der Waals surface area contributed by atoms with Crippen molar-refractivity contribution in [2.24, 2.45) is 5.73 Å². The third-order valence-corrected chi connectivity index (χ3v) is 4.28. The van der Waals surface area contributed by atoms with E-state index in [0.29, 0.717) is 6.54 Å². The zero-order valence-corrected chi connectivity index (χ0v) is 11.6. The van der Waals surface area contributed by atoms with Crippen molar-refractivity contribution in [3.05, 3.63) is 47.3 Å². The van der Waals surface area contributed by atoms with Gasteiger partial charge in [-0.05, 0) is 72.8 Å². The fraction of sp³-hybridized carbons (Fsp3) is 0.333. The van der Waals surface area contributed by atoms with Crippen LogP contribution in [0.4, 0.5) is 0 Å². The second kappa shape index (κ2) is 5.72. The van der Waals surface area contributed by atoms with Gasteiger partial charge in [0, 0.05) is 17.3 Å². The molecule has 19 heavy (non-hydrogen) atoms. The molecule has 1 heterocycles. The smallest absolute Gasteiger partial charge is 0.192 e. The summed E-state index contributed by atoms with van der Waals surface area (Å²) in [5.74, 6) is 0. The molecule has 1 aliphatic carbocycles. The monoisotopic (exact) mass is 271 g/mol. The third kappa shape index (κ3) is 2.96. The van der Waals surface area contributed by atoms with Gasteiger partial charge in [-0.1, -0.05) is 6.07 Å². The van der Waals surface area contributed by atoms with Crippen molar-refractivity contribution in [1.29, 1.82) is 0 Å². The number of benzene rings is 1. The van der Waals surface area contributed by atoms with Gasteiger partial charge in [0.15, 0.2) is 5.16 Å². The zero-order valence-electron chi connectivity index (χ0n) is 10.8. The van der Waals surface area contributed by atoms with Crippen molar-refractivity contribution in [1.82, 2.24) is 9.97 Å². The molecule has 0 amide bonds. The first-order chi connectivity index (χ1) is 9.35. The van der Waals surface area contributed by atoms with Crippen molar-refractivity contribution < 1.29 is 0 Å². The summed E-state index contributed by atoms with van der Waals surface area (Å²) >= 11 is 1.63. The molecular weight excluding hydrogens is 254 g/mol. The van der Waals surface area contributed by atoms with Crippen LogP contribution in [0.5, 0.6) is 0 Å². The molecule has 0 saturated carbocycles. The summed E-state index contributed by atoms with van der Waals surface area (Å²) in [5, 5.41) is 0.804. The van der Waals surface area contributed by atoms with Crippen LogP contribution in [0.3, 0.4) is 0 Å². The topological polar surface area (TPSA) is 51.8 Å². The standard InChI is InChI=1S/C15H17N3S/c16-7-6-11-9-17-15(18-10-11)19-14-5-4-12-2-1-3-13(12)8-14/h4-5,8-10H,1-3,6-7,16H2. The zero-order chi connectivity index (χ0) is 13.1. The summed E-state index contributed by atoms with van der Waals surface area (Å²) in [6.45, 7) is 0.640. The van der Waals surface area contributed by atoms with Crippen molar-refractivity contribution in [2.45, 2.75) is 35.7 Å². The van der Waals surface area contributed by atoms with Crippen LogP contribution in [0.2, 0.25) is 0 Å². The van der Waals surface area contributed by atoms with Gasteiger partial charge in [-0.25, -0.2) is 9.97 Å². The van der Waals surface area contributed by atoms with Crippen molar-refractivity contribution in [2.75, 3.05) is 6.54 Å². The molecule has 0 spiro atoms. The van der Waals surface area contributed by atoms with Gasteiger partial charge >= 0.3 is 0 Å². The number of aromatic nitrogens is 2. The van der Waals surface area contributed by atoms with Gasteiger partial charge in [-0.3, -0.25) is 0 Å². The number of hydrogen-bond donors (Lipinski definition) is 1. The first-order valence-electron chi connectivity index (χ1n) is 6.66. The number of nitrogens with zero attached hydrogens (tertiary/aromatic N) is 2. The molecule has 4 heteroatoms. The second-order valence-electron chi connectivity index (χ2n) is 4.80. The predicted octanol–water partition coefficient (Wildman–Crippen LogP) is 2.62. The lowest BCUT2D eigenvalue weighted by molar-refractivity contribution is 0.890. The molecule has 1 aromatic heterocycles. The summed E-state index contributed by atoms with van der Waals surface area (Å²) in [4.78, 5) is 9.99. The summed E-state index contributed by atoms with van der Waals surface area (Å²) in [6, 6.07) is 6.70. The van der Waals surface area contributed by atoms with Gasteiger partial charge in [0.1, 0.15) is 0 Å². The molecule has 1 aliphatic rings. The minimum Gasteiger partial charge on any atom is -0.330 e. The third-order valence-electron chi connectivity index (χ3n) is 3.39. The van der Waals surface area contributed by atoms with Gasteiger partial charge < -0.3 is 5.73 Å². The van der Waals surface area contributed by atoms with Crippen LogP contribution in [0, 0.1) is 0 Å². The molecule has 0 radical (unpaired) electrons. The average Bonchev–Trinajstić information content (AvgIpc) is 2.89. The Bertz CT molecular complexity index is 566. The lowest BCUT2D eigenvalue weighted by Crippen LogP contribution is -2.03.